The topological polar surface area (TPSA) is 41.8 Å². The highest BCUT2D eigenvalue weighted by Crippen LogP contribution is 2.07. The molecule has 0 fully saturated rings. The molecule has 5 heteroatoms. The average Bonchev–Trinajstić information content (AvgIpc) is 2.99. The van der Waals surface area contributed by atoms with Gasteiger partial charge in [0, 0.05) is 46.2 Å². The molecule has 0 amide bonds. The number of hydrogen-bond acceptors (Lipinski definition) is 2. The number of aliphatic imine (C=N–C) groups is 1. The molecule has 1 N–H and O–H groups in total. The van der Waals surface area contributed by atoms with Gasteiger partial charge in [0.15, 0.2) is 5.96 Å². The van der Waals surface area contributed by atoms with Crippen LogP contribution in [-0.2, 0) is 31.5 Å². The SMILES string of the molecule is CCOCc1ccc(CNC(=NC)N(C)Cc2cccn2C)cc1. The Labute approximate surface area is 145 Å². The van der Waals surface area contributed by atoms with Crippen molar-refractivity contribution in [3.63, 3.8) is 0 Å². The number of aryl methyl sites for hydroxylation is 1. The Bertz CT molecular complexity index is 646. The molecule has 0 unspecified atom stereocenters. The van der Waals surface area contributed by atoms with Gasteiger partial charge in [0.1, 0.15) is 0 Å². The molecule has 0 aliphatic carbocycles. The molecule has 0 saturated heterocycles. The van der Waals surface area contributed by atoms with Crippen molar-refractivity contribution in [2.45, 2.75) is 26.6 Å². The van der Waals surface area contributed by atoms with Crippen LogP contribution in [0.1, 0.15) is 23.7 Å². The van der Waals surface area contributed by atoms with Gasteiger partial charge in [-0.25, -0.2) is 0 Å². The lowest BCUT2D eigenvalue weighted by atomic mass is 10.1. The molecule has 0 spiro atoms. The predicted octanol–water partition coefficient (Wildman–Crippen LogP) is 2.77. The van der Waals surface area contributed by atoms with E-state index < -0.39 is 0 Å². The van der Waals surface area contributed by atoms with Gasteiger partial charge in [0.2, 0.25) is 0 Å². The first-order valence-corrected chi connectivity index (χ1v) is 8.31. The van der Waals surface area contributed by atoms with Gasteiger partial charge < -0.3 is 19.5 Å². The first-order chi connectivity index (χ1) is 11.6. The normalized spacial score (nSPS) is 11.6. The van der Waals surface area contributed by atoms with Gasteiger partial charge in [-0.15, -0.1) is 0 Å². The van der Waals surface area contributed by atoms with E-state index in [0.717, 1.165) is 25.7 Å². The number of guanidine groups is 1. The van der Waals surface area contributed by atoms with Gasteiger partial charge in [-0.05, 0) is 30.2 Å². The molecule has 0 aliphatic heterocycles. The predicted molar refractivity (Wildman–Crippen MR) is 98.9 cm³/mol. The van der Waals surface area contributed by atoms with Crippen LogP contribution >= 0.6 is 0 Å². The van der Waals surface area contributed by atoms with E-state index in [-0.39, 0.29) is 0 Å². The molecule has 0 aliphatic rings. The fourth-order valence-electron chi connectivity index (χ4n) is 2.52. The van der Waals surface area contributed by atoms with Crippen LogP contribution in [0.15, 0.2) is 47.6 Å². The van der Waals surface area contributed by atoms with E-state index in [1.165, 1.54) is 16.8 Å². The summed E-state index contributed by atoms with van der Waals surface area (Å²) in [5.74, 6) is 0.884. The number of rotatable bonds is 7. The number of nitrogens with one attached hydrogen (secondary N) is 1. The molecule has 130 valence electrons. The van der Waals surface area contributed by atoms with E-state index >= 15 is 0 Å². The van der Waals surface area contributed by atoms with Gasteiger partial charge in [0.25, 0.3) is 0 Å². The fraction of sp³-hybridized carbons (Fsp3) is 0.421. The third-order valence-corrected chi connectivity index (χ3v) is 3.97. The van der Waals surface area contributed by atoms with Crippen molar-refractivity contribution in [2.75, 3.05) is 20.7 Å². The van der Waals surface area contributed by atoms with Crippen molar-refractivity contribution in [3.05, 3.63) is 59.4 Å². The van der Waals surface area contributed by atoms with E-state index in [4.69, 9.17) is 4.74 Å². The lowest BCUT2D eigenvalue weighted by molar-refractivity contribution is 0.134. The molecule has 0 saturated carbocycles. The summed E-state index contributed by atoms with van der Waals surface area (Å²) in [6, 6.07) is 12.7. The second kappa shape index (κ2) is 9.13. The zero-order chi connectivity index (χ0) is 17.4. The molecule has 5 nitrogen and oxygen atoms in total. The molecular weight excluding hydrogens is 300 g/mol. The highest BCUT2D eigenvalue weighted by atomic mass is 16.5. The zero-order valence-corrected chi connectivity index (χ0v) is 15.1. The van der Waals surface area contributed by atoms with Crippen molar-refractivity contribution in [2.24, 2.45) is 12.0 Å². The quantitative estimate of drug-likeness (QED) is 0.628. The van der Waals surface area contributed by atoms with Gasteiger partial charge in [-0.1, -0.05) is 24.3 Å². The fourth-order valence-corrected chi connectivity index (χ4v) is 2.52. The Balaban J connectivity index is 1.87. The van der Waals surface area contributed by atoms with E-state index in [1.807, 2.05) is 21.0 Å². The number of benzene rings is 1. The largest absolute Gasteiger partial charge is 0.377 e. The monoisotopic (exact) mass is 328 g/mol. The summed E-state index contributed by atoms with van der Waals surface area (Å²) in [6.07, 6.45) is 2.06. The molecule has 2 aromatic rings. The minimum Gasteiger partial charge on any atom is -0.377 e. The van der Waals surface area contributed by atoms with Crippen molar-refractivity contribution in [1.29, 1.82) is 0 Å². The van der Waals surface area contributed by atoms with Crippen LogP contribution in [0, 0.1) is 0 Å². The molecule has 2 rings (SSSR count). The second-order valence-corrected chi connectivity index (χ2v) is 5.82. The van der Waals surface area contributed by atoms with Crippen molar-refractivity contribution in [1.82, 2.24) is 14.8 Å². The summed E-state index contributed by atoms with van der Waals surface area (Å²) < 4.78 is 7.55. The van der Waals surface area contributed by atoms with Crippen LogP contribution in [0.3, 0.4) is 0 Å². The smallest absolute Gasteiger partial charge is 0.194 e. The van der Waals surface area contributed by atoms with Gasteiger partial charge >= 0.3 is 0 Å². The average molecular weight is 328 g/mol. The Kier molecular flexibility index (Phi) is 6.88. The lowest BCUT2D eigenvalue weighted by Crippen LogP contribution is -2.38. The minimum absolute atomic E-state index is 0.672. The zero-order valence-electron chi connectivity index (χ0n) is 15.1. The van der Waals surface area contributed by atoms with Crippen molar-refractivity contribution in [3.8, 4) is 0 Å². The molecule has 0 atom stereocenters. The maximum absolute atomic E-state index is 5.42. The third-order valence-electron chi connectivity index (χ3n) is 3.97. The first-order valence-electron chi connectivity index (χ1n) is 8.31. The summed E-state index contributed by atoms with van der Waals surface area (Å²) >= 11 is 0. The molecule has 1 heterocycles. The molecule has 1 aromatic heterocycles. The minimum atomic E-state index is 0.672. The Morgan fingerprint density at radius 3 is 2.50 bits per heavy atom. The van der Waals surface area contributed by atoms with Gasteiger partial charge in [-0.3, -0.25) is 4.99 Å². The maximum Gasteiger partial charge on any atom is 0.194 e. The van der Waals surface area contributed by atoms with Crippen molar-refractivity contribution >= 4 is 5.96 Å². The Morgan fingerprint density at radius 1 is 1.21 bits per heavy atom. The van der Waals surface area contributed by atoms with Crippen LogP contribution in [0.25, 0.3) is 0 Å². The van der Waals surface area contributed by atoms with E-state index in [1.54, 1.807) is 0 Å². The molecule has 0 bridgehead atoms. The summed E-state index contributed by atoms with van der Waals surface area (Å²) in [5, 5.41) is 3.42. The Hall–Kier alpha value is -2.27. The van der Waals surface area contributed by atoms with E-state index in [9.17, 15) is 0 Å². The molecule has 1 aromatic carbocycles. The van der Waals surface area contributed by atoms with Crippen LogP contribution in [0.4, 0.5) is 0 Å². The van der Waals surface area contributed by atoms with E-state index in [2.05, 4.69) is 69.4 Å². The van der Waals surface area contributed by atoms with Crippen LogP contribution in [-0.4, -0.2) is 36.1 Å². The summed E-state index contributed by atoms with van der Waals surface area (Å²) in [6.45, 7) is 4.99. The molecular formula is C19H28N4O. The first kappa shape index (κ1) is 18.1. The highest BCUT2D eigenvalue weighted by Gasteiger charge is 2.08. The van der Waals surface area contributed by atoms with Crippen LogP contribution in [0.5, 0.6) is 0 Å². The van der Waals surface area contributed by atoms with Crippen LogP contribution < -0.4 is 5.32 Å². The lowest BCUT2D eigenvalue weighted by Gasteiger charge is -2.22. The van der Waals surface area contributed by atoms with Crippen molar-refractivity contribution < 1.29 is 4.74 Å². The summed E-state index contributed by atoms with van der Waals surface area (Å²) in [7, 11) is 5.92. The Morgan fingerprint density at radius 2 is 1.92 bits per heavy atom. The second-order valence-electron chi connectivity index (χ2n) is 5.82. The third kappa shape index (κ3) is 5.13. The number of aromatic nitrogens is 1. The van der Waals surface area contributed by atoms with E-state index in [0.29, 0.717) is 6.61 Å². The number of ether oxygens (including phenoxy) is 1. The van der Waals surface area contributed by atoms with Gasteiger partial charge in [-0.2, -0.15) is 0 Å². The number of hydrogen-bond donors (Lipinski definition) is 1. The highest BCUT2D eigenvalue weighted by molar-refractivity contribution is 5.79. The van der Waals surface area contributed by atoms with Gasteiger partial charge in [0.05, 0.1) is 13.2 Å². The standard InChI is InChI=1S/C19H28N4O/c1-5-24-15-17-10-8-16(9-11-17)13-21-19(20-2)23(4)14-18-7-6-12-22(18)3/h6-12H,5,13-15H2,1-4H3,(H,20,21). The summed E-state index contributed by atoms with van der Waals surface area (Å²) in [4.78, 5) is 6.50. The maximum atomic E-state index is 5.42. The summed E-state index contributed by atoms with van der Waals surface area (Å²) in [5.41, 5.74) is 3.68. The molecule has 24 heavy (non-hydrogen) atoms. The van der Waals surface area contributed by atoms with Crippen LogP contribution in [0.2, 0.25) is 0 Å². The molecule has 0 radical (unpaired) electrons. The number of nitrogens with zero attached hydrogens (tertiary/aromatic N) is 3.